The predicted molar refractivity (Wildman–Crippen MR) is 100 cm³/mol. The second-order valence-corrected chi connectivity index (χ2v) is 8.20. The Morgan fingerprint density at radius 2 is 1.62 bits per heavy atom. The molecule has 1 saturated heterocycles. The summed E-state index contributed by atoms with van der Waals surface area (Å²) < 4.78 is 31.7. The number of ether oxygens (including phenoxy) is 1. The quantitative estimate of drug-likeness (QED) is 0.746. The zero-order chi connectivity index (χ0) is 18.7. The fourth-order valence-corrected chi connectivity index (χ4v) is 4.58. The number of para-hydroxylation sites is 1. The van der Waals surface area contributed by atoms with E-state index in [0.29, 0.717) is 36.8 Å². The number of carbonyl (C=O) groups is 1. The number of carbonyl (C=O) groups excluding carboxylic acids is 1. The van der Waals surface area contributed by atoms with Crippen LogP contribution in [0.4, 0.5) is 5.69 Å². The number of hydrogen-bond donors (Lipinski definition) is 0. The van der Waals surface area contributed by atoms with Crippen LogP contribution in [0.25, 0.3) is 0 Å². The maximum Gasteiger partial charge on any atom is 0.337 e. The highest BCUT2D eigenvalue weighted by Gasteiger charge is 2.29. The van der Waals surface area contributed by atoms with Crippen molar-refractivity contribution in [3.63, 3.8) is 0 Å². The van der Waals surface area contributed by atoms with Crippen molar-refractivity contribution < 1.29 is 17.9 Å². The molecule has 138 valence electrons. The Balaban J connectivity index is 1.72. The summed E-state index contributed by atoms with van der Waals surface area (Å²) in [6.45, 7) is 1.85. The van der Waals surface area contributed by atoms with E-state index in [1.807, 2.05) is 24.3 Å². The number of sulfonamides is 1. The third-order valence-corrected chi connectivity index (χ3v) is 6.58. The zero-order valence-corrected chi connectivity index (χ0v) is 15.8. The first kappa shape index (κ1) is 18.7. The molecule has 2 aromatic rings. The molecule has 1 fully saturated rings. The molecule has 0 N–H and O–H groups in total. The van der Waals surface area contributed by atoms with Crippen LogP contribution in [-0.2, 0) is 14.8 Å². The van der Waals surface area contributed by atoms with Gasteiger partial charge in [-0.25, -0.2) is 13.2 Å². The topological polar surface area (TPSA) is 66.9 Å². The molecule has 1 heterocycles. The summed E-state index contributed by atoms with van der Waals surface area (Å²) in [7, 11) is -2.32. The van der Waals surface area contributed by atoms with Crippen molar-refractivity contribution in [3.8, 4) is 0 Å². The molecule has 0 amide bonds. The van der Waals surface area contributed by atoms with Crippen molar-refractivity contribution in [3.05, 3.63) is 59.1 Å². The van der Waals surface area contributed by atoms with Crippen LogP contribution < -0.4 is 4.90 Å². The Bertz CT molecular complexity index is 892. The predicted octanol–water partition coefficient (Wildman–Crippen LogP) is 2.64. The van der Waals surface area contributed by atoms with E-state index in [9.17, 15) is 13.2 Å². The van der Waals surface area contributed by atoms with E-state index in [0.717, 1.165) is 5.69 Å². The number of hydrogen-bond acceptors (Lipinski definition) is 5. The first-order valence-electron chi connectivity index (χ1n) is 8.11. The second kappa shape index (κ2) is 7.65. The molecule has 26 heavy (non-hydrogen) atoms. The number of rotatable bonds is 4. The second-order valence-electron chi connectivity index (χ2n) is 5.86. The minimum Gasteiger partial charge on any atom is -0.465 e. The number of halogens is 1. The number of methoxy groups -OCH3 is 1. The maximum absolute atomic E-state index is 12.8. The minimum absolute atomic E-state index is 0.163. The van der Waals surface area contributed by atoms with Crippen molar-refractivity contribution >= 4 is 33.3 Å². The van der Waals surface area contributed by atoms with Crippen LogP contribution in [0.3, 0.4) is 0 Å². The van der Waals surface area contributed by atoms with Crippen LogP contribution in [0, 0.1) is 0 Å². The van der Waals surface area contributed by atoms with Gasteiger partial charge in [-0.15, -0.1) is 0 Å². The number of benzene rings is 2. The maximum atomic E-state index is 12.8. The third-order valence-electron chi connectivity index (χ3n) is 4.34. The molecule has 1 aliphatic heterocycles. The highest BCUT2D eigenvalue weighted by atomic mass is 35.5. The molecule has 0 radical (unpaired) electrons. The Morgan fingerprint density at radius 1 is 1.00 bits per heavy atom. The zero-order valence-electron chi connectivity index (χ0n) is 14.3. The molecule has 0 aromatic heterocycles. The average Bonchev–Trinajstić information content (AvgIpc) is 2.68. The number of anilines is 1. The molecule has 0 saturated carbocycles. The molecule has 0 aliphatic carbocycles. The lowest BCUT2D eigenvalue weighted by molar-refractivity contribution is 0.0600. The molecule has 1 aliphatic rings. The number of esters is 1. The van der Waals surface area contributed by atoms with Crippen molar-refractivity contribution in [2.75, 3.05) is 38.2 Å². The molecule has 0 atom stereocenters. The van der Waals surface area contributed by atoms with Gasteiger partial charge in [-0.1, -0.05) is 23.7 Å². The van der Waals surface area contributed by atoms with Crippen LogP contribution in [-0.4, -0.2) is 52.0 Å². The summed E-state index contributed by atoms with van der Waals surface area (Å²) in [5, 5.41) is 0.655. The van der Waals surface area contributed by atoms with Gasteiger partial charge in [-0.2, -0.15) is 4.31 Å². The van der Waals surface area contributed by atoms with E-state index >= 15 is 0 Å². The van der Waals surface area contributed by atoms with E-state index in [1.54, 1.807) is 0 Å². The molecular formula is C18H19ClN2O4S. The lowest BCUT2D eigenvalue weighted by Gasteiger charge is -2.35. The monoisotopic (exact) mass is 394 g/mol. The van der Waals surface area contributed by atoms with Gasteiger partial charge in [0.05, 0.1) is 28.3 Å². The fourth-order valence-electron chi connectivity index (χ4n) is 2.91. The molecule has 0 unspecified atom stereocenters. The Hall–Kier alpha value is -2.09. The average molecular weight is 395 g/mol. The van der Waals surface area contributed by atoms with Gasteiger partial charge in [-0.05, 0) is 36.4 Å². The van der Waals surface area contributed by atoms with Crippen LogP contribution in [0.5, 0.6) is 0 Å². The van der Waals surface area contributed by atoms with Gasteiger partial charge < -0.3 is 9.64 Å². The SMILES string of the molecule is COC(=O)c1ccc(S(=O)(=O)N2CCN(c3ccccc3Cl)CC2)cc1. The van der Waals surface area contributed by atoms with E-state index in [-0.39, 0.29) is 4.90 Å². The summed E-state index contributed by atoms with van der Waals surface area (Å²) in [6, 6.07) is 13.3. The first-order valence-corrected chi connectivity index (χ1v) is 9.93. The smallest absolute Gasteiger partial charge is 0.337 e. The van der Waals surface area contributed by atoms with Crippen molar-refractivity contribution in [1.29, 1.82) is 0 Å². The summed E-state index contributed by atoms with van der Waals surface area (Å²) >= 11 is 6.22. The molecule has 0 bridgehead atoms. The summed E-state index contributed by atoms with van der Waals surface area (Å²) in [4.78, 5) is 13.7. The van der Waals surface area contributed by atoms with E-state index in [4.69, 9.17) is 11.6 Å². The lowest BCUT2D eigenvalue weighted by atomic mass is 10.2. The van der Waals surface area contributed by atoms with E-state index < -0.39 is 16.0 Å². The molecule has 8 heteroatoms. The Morgan fingerprint density at radius 3 is 2.19 bits per heavy atom. The summed E-state index contributed by atoms with van der Waals surface area (Å²) in [5.41, 5.74) is 1.23. The molecule has 6 nitrogen and oxygen atoms in total. The molecular weight excluding hydrogens is 376 g/mol. The first-order chi connectivity index (χ1) is 12.4. The van der Waals surface area contributed by atoms with Gasteiger partial charge in [0.15, 0.2) is 0 Å². The van der Waals surface area contributed by atoms with Gasteiger partial charge in [-0.3, -0.25) is 0 Å². The fraction of sp³-hybridized carbons (Fsp3) is 0.278. The van der Waals surface area contributed by atoms with Crippen LogP contribution in [0.2, 0.25) is 5.02 Å². The van der Waals surface area contributed by atoms with E-state index in [2.05, 4.69) is 9.64 Å². The van der Waals surface area contributed by atoms with Gasteiger partial charge >= 0.3 is 5.97 Å². The summed E-state index contributed by atoms with van der Waals surface area (Å²) in [5.74, 6) is -0.498. The van der Waals surface area contributed by atoms with Gasteiger partial charge in [0.2, 0.25) is 10.0 Å². The lowest BCUT2D eigenvalue weighted by Crippen LogP contribution is -2.48. The highest BCUT2D eigenvalue weighted by molar-refractivity contribution is 7.89. The highest BCUT2D eigenvalue weighted by Crippen LogP contribution is 2.27. The van der Waals surface area contributed by atoms with Crippen LogP contribution >= 0.6 is 11.6 Å². The Kier molecular flexibility index (Phi) is 5.50. The molecule has 2 aromatic carbocycles. The number of nitrogens with zero attached hydrogens (tertiary/aromatic N) is 2. The number of piperazine rings is 1. The molecule has 0 spiro atoms. The van der Waals surface area contributed by atoms with Gasteiger partial charge in [0.1, 0.15) is 0 Å². The van der Waals surface area contributed by atoms with Crippen molar-refractivity contribution in [2.24, 2.45) is 0 Å². The van der Waals surface area contributed by atoms with Crippen LogP contribution in [0.1, 0.15) is 10.4 Å². The largest absolute Gasteiger partial charge is 0.465 e. The summed E-state index contributed by atoms with van der Waals surface area (Å²) in [6.07, 6.45) is 0. The minimum atomic E-state index is -3.61. The standard InChI is InChI=1S/C18H19ClN2O4S/c1-25-18(22)14-6-8-15(9-7-14)26(23,24)21-12-10-20(11-13-21)17-5-3-2-4-16(17)19/h2-9H,10-13H2,1H3. The van der Waals surface area contributed by atoms with Crippen LogP contribution in [0.15, 0.2) is 53.4 Å². The van der Waals surface area contributed by atoms with Crippen molar-refractivity contribution in [2.45, 2.75) is 4.90 Å². The normalized spacial score (nSPS) is 15.7. The van der Waals surface area contributed by atoms with Gasteiger partial charge in [0, 0.05) is 26.2 Å². The van der Waals surface area contributed by atoms with Crippen molar-refractivity contribution in [1.82, 2.24) is 4.31 Å². The molecule has 3 rings (SSSR count). The van der Waals surface area contributed by atoms with E-state index in [1.165, 1.54) is 35.7 Å². The Labute approximate surface area is 158 Å². The van der Waals surface area contributed by atoms with Gasteiger partial charge in [0.25, 0.3) is 0 Å². The third kappa shape index (κ3) is 3.70.